The summed E-state index contributed by atoms with van der Waals surface area (Å²) in [6.07, 6.45) is 4.10. The summed E-state index contributed by atoms with van der Waals surface area (Å²) in [5.74, 6) is -2.87. The second kappa shape index (κ2) is 12.1. The number of fused-ring (bicyclic) bond motifs is 1. The molecule has 1 atom stereocenters. The van der Waals surface area contributed by atoms with Crippen LogP contribution in [0.3, 0.4) is 0 Å². The predicted octanol–water partition coefficient (Wildman–Crippen LogP) is 6.45. The van der Waals surface area contributed by atoms with Crippen LogP contribution in [-0.4, -0.2) is 41.9 Å². The highest BCUT2D eigenvalue weighted by molar-refractivity contribution is 7.92. The Kier molecular flexibility index (Phi) is 8.66. The average Bonchev–Trinajstić information content (AvgIpc) is 3.36. The maximum atomic E-state index is 15.7. The van der Waals surface area contributed by atoms with Crippen LogP contribution in [0, 0.1) is 17.5 Å². The molecule has 0 spiro atoms. The van der Waals surface area contributed by atoms with Gasteiger partial charge in [0.05, 0.1) is 16.6 Å². The van der Waals surface area contributed by atoms with E-state index in [1.165, 1.54) is 19.1 Å². The van der Waals surface area contributed by atoms with Gasteiger partial charge in [-0.2, -0.15) is 5.10 Å². The number of aromatic nitrogens is 3. The highest BCUT2D eigenvalue weighted by Gasteiger charge is 2.30. The number of hydrogen-bond donors (Lipinski definition) is 3. The molecule has 1 saturated carbocycles. The lowest BCUT2D eigenvalue weighted by atomic mass is 9.81. The van der Waals surface area contributed by atoms with E-state index in [0.717, 1.165) is 49.4 Å². The zero-order chi connectivity index (χ0) is 31.1. The number of anilines is 2. The number of hydrogen-bond acceptors (Lipinski definition) is 6. The molecular weight excluding hydrogens is 584 g/mol. The van der Waals surface area contributed by atoms with Gasteiger partial charge in [-0.3, -0.25) is 9.40 Å². The smallest absolute Gasteiger partial charge is 0.264 e. The van der Waals surface area contributed by atoms with Crippen molar-refractivity contribution >= 4 is 32.4 Å². The number of rotatable bonds is 9. The number of nitrogens with one attached hydrogen (secondary N) is 2. The fraction of sp³-hybridized carbons (Fsp3) is 0.400. The summed E-state index contributed by atoms with van der Waals surface area (Å²) in [4.78, 5) is 3.70. The maximum absolute atomic E-state index is 15.7. The van der Waals surface area contributed by atoms with Crippen molar-refractivity contribution in [3.8, 4) is 11.3 Å². The van der Waals surface area contributed by atoms with Crippen LogP contribution in [0.1, 0.15) is 64.0 Å². The van der Waals surface area contributed by atoms with Crippen LogP contribution in [0.2, 0.25) is 0 Å². The van der Waals surface area contributed by atoms with Crippen molar-refractivity contribution in [1.29, 1.82) is 0 Å². The maximum Gasteiger partial charge on any atom is 0.264 e. The Balaban J connectivity index is 1.53. The molecule has 8 nitrogen and oxygen atoms in total. The molecule has 0 amide bonds. The Morgan fingerprint density at radius 3 is 2.37 bits per heavy atom. The molecule has 0 bridgehead atoms. The van der Waals surface area contributed by atoms with E-state index in [2.05, 4.69) is 15.4 Å². The molecule has 2 aromatic heterocycles. The van der Waals surface area contributed by atoms with Crippen molar-refractivity contribution in [1.82, 2.24) is 20.1 Å². The van der Waals surface area contributed by atoms with Gasteiger partial charge in [0.25, 0.3) is 10.0 Å². The molecule has 1 fully saturated rings. The molecule has 0 saturated heterocycles. The molecule has 1 aliphatic rings. The van der Waals surface area contributed by atoms with Crippen LogP contribution in [0.4, 0.5) is 29.1 Å². The van der Waals surface area contributed by atoms with Crippen molar-refractivity contribution in [3.05, 3.63) is 65.6 Å². The molecule has 2 aromatic carbocycles. The monoisotopic (exact) mass is 618 g/mol. The first-order valence-corrected chi connectivity index (χ1v) is 15.7. The molecule has 230 valence electrons. The van der Waals surface area contributed by atoms with Gasteiger partial charge in [-0.25, -0.2) is 31.0 Å². The molecule has 4 N–H and O–H groups in total. The number of nitrogens with zero attached hydrogens (tertiary/aromatic N) is 3. The van der Waals surface area contributed by atoms with Gasteiger partial charge < -0.3 is 11.1 Å². The molecule has 0 unspecified atom stereocenters. The van der Waals surface area contributed by atoms with Gasteiger partial charge in [0.2, 0.25) is 0 Å². The first-order chi connectivity index (χ1) is 20.4. The summed E-state index contributed by atoms with van der Waals surface area (Å²) in [5.41, 5.74) is 7.05. The van der Waals surface area contributed by atoms with E-state index in [1.807, 2.05) is 18.6 Å². The standard InChI is InChI=1S/C30H34F4N6O2S/c1-16(2)40-29-21(18-8-10-19(11-9-18)36-14-17(3)31)15-37-30(35)27(29)28(38-40)20-12-24(34)25(13-23(20)33)39-43(41,42)26-7-5-4-6-22(26)32/h4-7,12-13,15-19,36,39H,8-11,14H2,1-3H3,(H2,35,37)/t17-,18-,19-/m1/s1. The van der Waals surface area contributed by atoms with E-state index in [9.17, 15) is 17.2 Å². The molecule has 4 aromatic rings. The van der Waals surface area contributed by atoms with Crippen LogP contribution < -0.4 is 15.8 Å². The lowest BCUT2D eigenvalue weighted by Gasteiger charge is -2.30. The fourth-order valence-electron chi connectivity index (χ4n) is 5.69. The zero-order valence-corrected chi connectivity index (χ0v) is 24.9. The number of sulfonamides is 1. The van der Waals surface area contributed by atoms with Gasteiger partial charge in [0, 0.05) is 36.5 Å². The topological polar surface area (TPSA) is 115 Å². The molecule has 2 heterocycles. The van der Waals surface area contributed by atoms with Gasteiger partial charge in [-0.15, -0.1) is 0 Å². The minimum Gasteiger partial charge on any atom is -0.383 e. The average molecular weight is 619 g/mol. The molecular formula is C30H34F4N6O2S. The van der Waals surface area contributed by atoms with E-state index >= 15 is 8.78 Å². The third kappa shape index (κ3) is 6.19. The lowest BCUT2D eigenvalue weighted by molar-refractivity contribution is 0.290. The molecule has 1 aliphatic carbocycles. The Hall–Kier alpha value is -3.71. The summed E-state index contributed by atoms with van der Waals surface area (Å²) in [5, 5.41) is 8.29. The summed E-state index contributed by atoms with van der Waals surface area (Å²) < 4.78 is 87.5. The minimum absolute atomic E-state index is 0.0720. The molecule has 5 rings (SSSR count). The van der Waals surface area contributed by atoms with E-state index in [-0.39, 0.29) is 35.1 Å². The zero-order valence-electron chi connectivity index (χ0n) is 24.0. The van der Waals surface area contributed by atoms with E-state index in [0.29, 0.717) is 23.5 Å². The van der Waals surface area contributed by atoms with Gasteiger partial charge in [0.15, 0.2) is 0 Å². The molecule has 43 heavy (non-hydrogen) atoms. The van der Waals surface area contributed by atoms with Crippen LogP contribution in [-0.2, 0) is 10.0 Å². The van der Waals surface area contributed by atoms with E-state index < -0.39 is 44.2 Å². The Bertz CT molecular complexity index is 1750. The first kappa shape index (κ1) is 30.7. The summed E-state index contributed by atoms with van der Waals surface area (Å²) in [7, 11) is -4.54. The van der Waals surface area contributed by atoms with Crippen molar-refractivity contribution in [2.75, 3.05) is 17.0 Å². The number of alkyl halides is 1. The van der Waals surface area contributed by atoms with E-state index in [1.54, 1.807) is 10.9 Å². The fourth-order valence-corrected chi connectivity index (χ4v) is 6.82. The third-order valence-corrected chi connectivity index (χ3v) is 9.21. The predicted molar refractivity (Wildman–Crippen MR) is 158 cm³/mol. The van der Waals surface area contributed by atoms with Gasteiger partial charge in [-0.1, -0.05) is 12.1 Å². The molecule has 0 radical (unpaired) electrons. The summed E-state index contributed by atoms with van der Waals surface area (Å²) in [6.45, 7) is 5.64. The number of halogens is 4. The van der Waals surface area contributed by atoms with Crippen LogP contribution in [0.25, 0.3) is 22.2 Å². The van der Waals surface area contributed by atoms with Crippen LogP contribution >= 0.6 is 0 Å². The lowest BCUT2D eigenvalue weighted by Crippen LogP contribution is -2.36. The van der Waals surface area contributed by atoms with Crippen molar-refractivity contribution < 1.29 is 26.0 Å². The van der Waals surface area contributed by atoms with Gasteiger partial charge >= 0.3 is 0 Å². The van der Waals surface area contributed by atoms with Crippen molar-refractivity contribution in [2.45, 2.75) is 75.5 Å². The number of nitrogens with two attached hydrogens (primary N) is 1. The van der Waals surface area contributed by atoms with Gasteiger partial charge in [0.1, 0.15) is 40.0 Å². The summed E-state index contributed by atoms with van der Waals surface area (Å²) >= 11 is 0. The van der Waals surface area contributed by atoms with Crippen molar-refractivity contribution in [3.63, 3.8) is 0 Å². The molecule has 13 heteroatoms. The van der Waals surface area contributed by atoms with Crippen molar-refractivity contribution in [2.24, 2.45) is 0 Å². The molecule has 0 aliphatic heterocycles. The SMILES string of the molecule is CC(C)n1nc(-c2cc(F)c(NS(=O)(=O)c3ccccc3F)cc2F)c2c(N)ncc([C@H]3CC[C@H](NC[C@@H](C)F)CC3)c21. The van der Waals surface area contributed by atoms with E-state index in [4.69, 9.17) is 5.73 Å². The normalized spacial score (nSPS) is 18.3. The largest absolute Gasteiger partial charge is 0.383 e. The number of pyridine rings is 1. The quantitative estimate of drug-likeness (QED) is 0.186. The number of benzene rings is 2. The Labute approximate surface area is 247 Å². The van der Waals surface area contributed by atoms with Gasteiger partial charge in [-0.05, 0) is 76.1 Å². The van der Waals surface area contributed by atoms with Crippen LogP contribution in [0.15, 0.2) is 47.5 Å². The summed E-state index contributed by atoms with van der Waals surface area (Å²) in [6, 6.07) is 6.19. The highest BCUT2D eigenvalue weighted by atomic mass is 32.2. The third-order valence-electron chi connectivity index (χ3n) is 7.81. The Morgan fingerprint density at radius 1 is 1.02 bits per heavy atom. The second-order valence-electron chi connectivity index (χ2n) is 11.3. The van der Waals surface area contributed by atoms with Crippen LogP contribution in [0.5, 0.6) is 0 Å². The Morgan fingerprint density at radius 2 is 1.72 bits per heavy atom. The first-order valence-electron chi connectivity index (χ1n) is 14.2. The number of nitrogen functional groups attached to an aromatic ring is 1. The second-order valence-corrected chi connectivity index (χ2v) is 12.9. The minimum atomic E-state index is -4.54. The highest BCUT2D eigenvalue weighted by Crippen LogP contribution is 2.42.